The number of quaternary nitrogens is 1. The highest BCUT2D eigenvalue weighted by molar-refractivity contribution is 4.75. The molecule has 0 N–H and O–H groups in total. The van der Waals surface area contributed by atoms with Crippen LogP contribution in [-0.2, 0) is 0 Å². The van der Waals surface area contributed by atoms with Crippen LogP contribution in [0, 0.1) is 0 Å². The van der Waals surface area contributed by atoms with Gasteiger partial charge in [-0.25, -0.2) is 0 Å². The minimum atomic E-state index is 0.509. The van der Waals surface area contributed by atoms with Crippen molar-refractivity contribution in [2.45, 2.75) is 52.5 Å². The van der Waals surface area contributed by atoms with Gasteiger partial charge in [-0.15, -0.1) is 0 Å². The largest absolute Gasteiger partial charge is 0.324 e. The van der Waals surface area contributed by atoms with Crippen molar-refractivity contribution in [2.75, 3.05) is 20.6 Å². The predicted octanol–water partition coefficient (Wildman–Crippen LogP) is 3.05. The molecule has 0 heterocycles. The maximum absolute atomic E-state index is 2.36. The lowest BCUT2D eigenvalue weighted by Gasteiger charge is -2.47. The molecule has 0 aliphatic rings. The molecule has 0 fully saturated rings. The molecule has 0 saturated heterocycles. The second kappa shape index (κ2) is 4.27. The third kappa shape index (κ3) is 1.82. The van der Waals surface area contributed by atoms with Crippen LogP contribution in [0.3, 0.4) is 0 Å². The Morgan fingerprint density at radius 1 is 0.833 bits per heavy atom. The Hall–Kier alpha value is -0.0400. The molecule has 0 aromatic heterocycles. The summed E-state index contributed by atoms with van der Waals surface area (Å²) < 4.78 is 1.16. The van der Waals surface area contributed by atoms with Gasteiger partial charge in [0.1, 0.15) is 0 Å². The van der Waals surface area contributed by atoms with Crippen molar-refractivity contribution >= 4 is 0 Å². The van der Waals surface area contributed by atoms with Gasteiger partial charge in [-0.2, -0.15) is 0 Å². The fourth-order valence-corrected chi connectivity index (χ4v) is 2.37. The van der Waals surface area contributed by atoms with Gasteiger partial charge in [0.05, 0.1) is 26.2 Å². The van der Waals surface area contributed by atoms with Gasteiger partial charge in [-0.1, -0.05) is 20.8 Å². The van der Waals surface area contributed by atoms with Crippen LogP contribution in [-0.4, -0.2) is 30.7 Å². The van der Waals surface area contributed by atoms with E-state index in [-0.39, 0.29) is 0 Å². The summed E-state index contributed by atoms with van der Waals surface area (Å²) in [4.78, 5) is 0. The molecular formula is C11H26N+. The number of hydrogen-bond acceptors (Lipinski definition) is 0. The smallest absolute Gasteiger partial charge is 0.0980 e. The first-order valence-corrected chi connectivity index (χ1v) is 5.32. The van der Waals surface area contributed by atoms with Gasteiger partial charge in [0, 0.05) is 0 Å². The first-order chi connectivity index (χ1) is 5.49. The van der Waals surface area contributed by atoms with Gasteiger partial charge in [0.2, 0.25) is 0 Å². The fourth-order valence-electron chi connectivity index (χ4n) is 2.37. The zero-order chi connectivity index (χ0) is 9.83. The molecule has 0 unspecified atom stereocenters. The number of rotatable bonds is 5. The van der Waals surface area contributed by atoms with Crippen molar-refractivity contribution in [1.29, 1.82) is 0 Å². The summed E-state index contributed by atoms with van der Waals surface area (Å²) >= 11 is 0. The molecule has 0 aromatic rings. The molecule has 0 aromatic carbocycles. The van der Waals surface area contributed by atoms with Crippen LogP contribution in [0.15, 0.2) is 0 Å². The Morgan fingerprint density at radius 3 is 1.25 bits per heavy atom. The second-order valence-electron chi connectivity index (χ2n) is 4.29. The first kappa shape index (κ1) is 12.0. The Labute approximate surface area is 78.4 Å². The van der Waals surface area contributed by atoms with E-state index in [1.807, 2.05) is 0 Å². The van der Waals surface area contributed by atoms with Gasteiger partial charge in [0.25, 0.3) is 0 Å². The van der Waals surface area contributed by atoms with E-state index in [4.69, 9.17) is 0 Å². The molecule has 0 atom stereocenters. The second-order valence-corrected chi connectivity index (χ2v) is 4.29. The average molecular weight is 172 g/mol. The summed E-state index contributed by atoms with van der Waals surface area (Å²) in [5.74, 6) is 0. The Kier molecular flexibility index (Phi) is 4.25. The Morgan fingerprint density at radius 2 is 1.17 bits per heavy atom. The van der Waals surface area contributed by atoms with Gasteiger partial charge < -0.3 is 4.48 Å². The SMILES string of the molecule is CCC(CC)(CC)[N+](C)(C)CC. The molecule has 74 valence electrons. The van der Waals surface area contributed by atoms with Crippen LogP contribution >= 0.6 is 0 Å². The quantitative estimate of drug-likeness (QED) is 0.559. The molecule has 0 saturated carbocycles. The van der Waals surface area contributed by atoms with Crippen LogP contribution in [0.1, 0.15) is 47.0 Å². The van der Waals surface area contributed by atoms with Crippen LogP contribution in [0.25, 0.3) is 0 Å². The van der Waals surface area contributed by atoms with E-state index >= 15 is 0 Å². The van der Waals surface area contributed by atoms with Gasteiger partial charge in [-0.05, 0) is 26.2 Å². The standard InChI is InChI=1S/C11H26N/c1-7-11(8-2,9-3)12(5,6)10-4/h7-10H2,1-6H3/q+1. The molecule has 0 aliphatic carbocycles. The molecule has 0 amide bonds. The molecule has 1 nitrogen and oxygen atoms in total. The molecule has 0 aliphatic heterocycles. The van der Waals surface area contributed by atoms with Gasteiger partial charge in [-0.3, -0.25) is 0 Å². The van der Waals surface area contributed by atoms with Gasteiger partial charge >= 0.3 is 0 Å². The normalized spacial score (nSPS) is 13.5. The lowest BCUT2D eigenvalue weighted by molar-refractivity contribution is -0.941. The molecular weight excluding hydrogens is 146 g/mol. The van der Waals surface area contributed by atoms with E-state index in [9.17, 15) is 0 Å². The third-order valence-electron chi connectivity index (χ3n) is 4.05. The van der Waals surface area contributed by atoms with E-state index in [0.717, 1.165) is 4.48 Å². The summed E-state index contributed by atoms with van der Waals surface area (Å²) in [6.45, 7) is 10.5. The van der Waals surface area contributed by atoms with Gasteiger partial charge in [0.15, 0.2) is 0 Å². The van der Waals surface area contributed by atoms with Crippen molar-refractivity contribution in [3.05, 3.63) is 0 Å². The summed E-state index contributed by atoms with van der Waals surface area (Å²) in [6, 6.07) is 0. The predicted molar refractivity (Wildman–Crippen MR) is 56.3 cm³/mol. The highest BCUT2D eigenvalue weighted by Crippen LogP contribution is 2.31. The summed E-state index contributed by atoms with van der Waals surface area (Å²) in [5.41, 5.74) is 0.509. The van der Waals surface area contributed by atoms with Crippen molar-refractivity contribution < 1.29 is 4.48 Å². The van der Waals surface area contributed by atoms with Crippen LogP contribution in [0.2, 0.25) is 0 Å². The summed E-state index contributed by atoms with van der Waals surface area (Å²) in [7, 11) is 4.72. The van der Waals surface area contributed by atoms with Crippen LogP contribution in [0.5, 0.6) is 0 Å². The van der Waals surface area contributed by atoms with Crippen LogP contribution in [0.4, 0.5) is 0 Å². The average Bonchev–Trinajstić information content (AvgIpc) is 2.08. The molecule has 0 spiro atoms. The van der Waals surface area contributed by atoms with Crippen molar-refractivity contribution in [2.24, 2.45) is 0 Å². The Balaban J connectivity index is 4.69. The van der Waals surface area contributed by atoms with Crippen LogP contribution < -0.4 is 0 Å². The maximum atomic E-state index is 2.36. The number of nitrogens with zero attached hydrogens (tertiary/aromatic N) is 1. The number of hydrogen-bond donors (Lipinski definition) is 0. The van der Waals surface area contributed by atoms with Crippen molar-refractivity contribution in [3.63, 3.8) is 0 Å². The summed E-state index contributed by atoms with van der Waals surface area (Å²) in [5, 5.41) is 0. The zero-order valence-electron chi connectivity index (χ0n) is 9.78. The maximum Gasteiger partial charge on any atom is 0.0980 e. The lowest BCUT2D eigenvalue weighted by atomic mass is 9.86. The third-order valence-corrected chi connectivity index (χ3v) is 4.05. The zero-order valence-corrected chi connectivity index (χ0v) is 9.78. The van der Waals surface area contributed by atoms with E-state index in [1.54, 1.807) is 0 Å². The van der Waals surface area contributed by atoms with E-state index < -0.39 is 0 Å². The van der Waals surface area contributed by atoms with E-state index in [0.29, 0.717) is 5.54 Å². The highest BCUT2D eigenvalue weighted by Gasteiger charge is 2.39. The van der Waals surface area contributed by atoms with Crippen molar-refractivity contribution in [1.82, 2.24) is 0 Å². The fraction of sp³-hybridized carbons (Fsp3) is 1.00. The molecule has 0 radical (unpaired) electrons. The molecule has 12 heavy (non-hydrogen) atoms. The minimum Gasteiger partial charge on any atom is -0.324 e. The first-order valence-electron chi connectivity index (χ1n) is 5.32. The molecule has 0 rings (SSSR count). The molecule has 0 bridgehead atoms. The van der Waals surface area contributed by atoms with E-state index in [2.05, 4.69) is 41.8 Å². The highest BCUT2D eigenvalue weighted by atomic mass is 15.4. The monoisotopic (exact) mass is 172 g/mol. The summed E-state index contributed by atoms with van der Waals surface area (Å²) in [6.07, 6.45) is 3.88. The van der Waals surface area contributed by atoms with E-state index in [1.165, 1.54) is 25.8 Å². The molecule has 1 heteroatoms. The Bertz CT molecular complexity index is 115. The minimum absolute atomic E-state index is 0.509. The topological polar surface area (TPSA) is 0 Å². The lowest BCUT2D eigenvalue weighted by Crippen LogP contribution is -2.58. The van der Waals surface area contributed by atoms with Crippen molar-refractivity contribution in [3.8, 4) is 0 Å².